The van der Waals surface area contributed by atoms with E-state index in [0.29, 0.717) is 12.8 Å². The van der Waals surface area contributed by atoms with Crippen LogP contribution >= 0.6 is 0 Å². The molecular formula is C20H38N2O4. The van der Waals surface area contributed by atoms with Crippen molar-refractivity contribution in [2.45, 2.75) is 104 Å². The average molecular weight is 371 g/mol. The number of carbonyl (C=O) groups is 2. The number of unbranched alkanes of at least 4 members (excludes halogenated alkanes) is 5. The fraction of sp³-hybridized carbons (Fsp3) is 0.900. The third kappa shape index (κ3) is 9.41. The SMILES string of the molecule is CCCCCCCCN(NC(=O)OC(C)(C)C)C1CCC(C(=O)O)CC1. The molecule has 0 radical (unpaired) electrons. The van der Waals surface area contributed by atoms with E-state index >= 15 is 0 Å². The van der Waals surface area contributed by atoms with Crippen LogP contribution < -0.4 is 5.43 Å². The lowest BCUT2D eigenvalue weighted by molar-refractivity contribution is -0.143. The molecule has 1 aliphatic carbocycles. The summed E-state index contributed by atoms with van der Waals surface area (Å²) in [6.45, 7) is 8.54. The van der Waals surface area contributed by atoms with Crippen LogP contribution in [-0.2, 0) is 9.53 Å². The van der Waals surface area contributed by atoms with Crippen molar-refractivity contribution in [3.8, 4) is 0 Å². The zero-order valence-corrected chi connectivity index (χ0v) is 17.1. The summed E-state index contributed by atoms with van der Waals surface area (Å²) in [6, 6.07) is 0.189. The van der Waals surface area contributed by atoms with Crippen LogP contribution in [0.1, 0.15) is 91.9 Å². The molecule has 2 N–H and O–H groups in total. The monoisotopic (exact) mass is 370 g/mol. The maximum absolute atomic E-state index is 12.2. The number of aliphatic carboxylic acids is 1. The number of nitrogens with zero attached hydrogens (tertiary/aromatic N) is 1. The van der Waals surface area contributed by atoms with Gasteiger partial charge in [-0.15, -0.1) is 0 Å². The van der Waals surface area contributed by atoms with E-state index < -0.39 is 17.7 Å². The topological polar surface area (TPSA) is 78.9 Å². The molecule has 1 amide bonds. The normalized spacial score (nSPS) is 20.8. The van der Waals surface area contributed by atoms with Crippen LogP contribution in [0, 0.1) is 5.92 Å². The standard InChI is InChI=1S/C20H38N2O4/c1-5-6-7-8-9-10-15-22(21-19(25)26-20(2,3)4)17-13-11-16(12-14-17)18(23)24/h16-17H,5-15H2,1-4H3,(H,21,25)(H,23,24). The van der Waals surface area contributed by atoms with Crippen molar-refractivity contribution in [3.63, 3.8) is 0 Å². The summed E-state index contributed by atoms with van der Waals surface area (Å²) in [7, 11) is 0. The van der Waals surface area contributed by atoms with Gasteiger partial charge in [0, 0.05) is 12.6 Å². The summed E-state index contributed by atoms with van der Waals surface area (Å²) in [4.78, 5) is 23.3. The maximum atomic E-state index is 12.2. The van der Waals surface area contributed by atoms with E-state index in [9.17, 15) is 14.7 Å². The lowest BCUT2D eigenvalue weighted by atomic mass is 9.86. The van der Waals surface area contributed by atoms with Crippen LogP contribution in [-0.4, -0.2) is 40.4 Å². The van der Waals surface area contributed by atoms with Crippen molar-refractivity contribution in [2.75, 3.05) is 6.54 Å². The van der Waals surface area contributed by atoms with E-state index in [-0.39, 0.29) is 12.0 Å². The first-order chi connectivity index (χ1) is 12.2. The molecule has 0 aliphatic heterocycles. The molecule has 6 nitrogen and oxygen atoms in total. The van der Waals surface area contributed by atoms with E-state index in [0.717, 1.165) is 32.2 Å². The third-order valence-corrected chi connectivity index (χ3v) is 4.87. The van der Waals surface area contributed by atoms with Gasteiger partial charge >= 0.3 is 12.1 Å². The van der Waals surface area contributed by atoms with Crippen molar-refractivity contribution in [1.29, 1.82) is 0 Å². The fourth-order valence-corrected chi connectivity index (χ4v) is 3.44. The van der Waals surface area contributed by atoms with Gasteiger partial charge in [0.05, 0.1) is 5.92 Å². The second kappa shape index (κ2) is 11.4. The average Bonchev–Trinajstić information content (AvgIpc) is 2.55. The molecule has 0 aromatic rings. The molecule has 0 saturated heterocycles. The van der Waals surface area contributed by atoms with E-state index in [1.807, 2.05) is 25.8 Å². The van der Waals surface area contributed by atoms with Crippen LogP contribution in [0.5, 0.6) is 0 Å². The van der Waals surface area contributed by atoms with Gasteiger partial charge in [0.25, 0.3) is 0 Å². The summed E-state index contributed by atoms with van der Waals surface area (Å²) in [6.07, 6.45) is 9.67. The highest BCUT2D eigenvalue weighted by atomic mass is 16.6. The lowest BCUT2D eigenvalue weighted by Crippen LogP contribution is -2.51. The first kappa shape index (κ1) is 22.7. The van der Waals surface area contributed by atoms with Crippen LogP contribution in [0.2, 0.25) is 0 Å². The van der Waals surface area contributed by atoms with E-state index in [2.05, 4.69) is 12.3 Å². The molecule has 0 aromatic heterocycles. The summed E-state index contributed by atoms with van der Waals surface area (Å²) >= 11 is 0. The molecule has 152 valence electrons. The molecule has 1 saturated carbocycles. The predicted octanol–water partition coefficient (Wildman–Crippen LogP) is 4.73. The number of ether oxygens (including phenoxy) is 1. The maximum Gasteiger partial charge on any atom is 0.422 e. The zero-order chi connectivity index (χ0) is 19.6. The minimum Gasteiger partial charge on any atom is -0.481 e. The van der Waals surface area contributed by atoms with Gasteiger partial charge in [-0.05, 0) is 52.9 Å². The highest BCUT2D eigenvalue weighted by molar-refractivity contribution is 5.70. The van der Waals surface area contributed by atoms with E-state index in [1.165, 1.54) is 25.7 Å². The summed E-state index contributed by atoms with van der Waals surface area (Å²) in [5.74, 6) is -0.949. The van der Waals surface area contributed by atoms with E-state index in [4.69, 9.17) is 4.74 Å². The molecule has 0 heterocycles. The van der Waals surface area contributed by atoms with Gasteiger partial charge in [-0.3, -0.25) is 10.2 Å². The molecule has 26 heavy (non-hydrogen) atoms. The fourth-order valence-electron chi connectivity index (χ4n) is 3.44. The predicted molar refractivity (Wildman–Crippen MR) is 103 cm³/mol. The number of hydrogen-bond acceptors (Lipinski definition) is 4. The lowest BCUT2D eigenvalue weighted by Gasteiger charge is -2.36. The minimum atomic E-state index is -0.703. The Morgan fingerprint density at radius 2 is 1.62 bits per heavy atom. The zero-order valence-electron chi connectivity index (χ0n) is 17.1. The number of hydrogen-bond donors (Lipinski definition) is 2. The highest BCUT2D eigenvalue weighted by Crippen LogP contribution is 2.27. The van der Waals surface area contributed by atoms with Crippen molar-refractivity contribution in [2.24, 2.45) is 5.92 Å². The van der Waals surface area contributed by atoms with Gasteiger partial charge < -0.3 is 9.84 Å². The van der Waals surface area contributed by atoms with Crippen LogP contribution in [0.4, 0.5) is 4.79 Å². The molecule has 0 unspecified atom stereocenters. The molecule has 1 fully saturated rings. The Bertz CT molecular complexity index is 426. The number of amides is 1. The summed E-state index contributed by atoms with van der Waals surface area (Å²) in [5.41, 5.74) is 2.38. The Labute approximate surface area is 158 Å². The molecule has 1 rings (SSSR count). The second-order valence-electron chi connectivity index (χ2n) is 8.42. The van der Waals surface area contributed by atoms with Crippen LogP contribution in [0.15, 0.2) is 0 Å². The Morgan fingerprint density at radius 1 is 1.04 bits per heavy atom. The molecule has 1 aliphatic rings. The largest absolute Gasteiger partial charge is 0.481 e. The van der Waals surface area contributed by atoms with Gasteiger partial charge in [0.15, 0.2) is 0 Å². The summed E-state index contributed by atoms with van der Waals surface area (Å²) in [5, 5.41) is 11.2. The first-order valence-electron chi connectivity index (χ1n) is 10.2. The van der Waals surface area contributed by atoms with Crippen molar-refractivity contribution < 1.29 is 19.4 Å². The van der Waals surface area contributed by atoms with Gasteiger partial charge in [0.2, 0.25) is 0 Å². The van der Waals surface area contributed by atoms with Crippen molar-refractivity contribution in [1.82, 2.24) is 10.4 Å². The molecule has 0 spiro atoms. The van der Waals surface area contributed by atoms with Gasteiger partial charge in [0.1, 0.15) is 5.60 Å². The van der Waals surface area contributed by atoms with E-state index in [1.54, 1.807) is 0 Å². The number of carboxylic acids is 1. The smallest absolute Gasteiger partial charge is 0.422 e. The minimum absolute atomic E-state index is 0.189. The molecular weight excluding hydrogens is 332 g/mol. The quantitative estimate of drug-likeness (QED) is 0.429. The summed E-state index contributed by atoms with van der Waals surface area (Å²) < 4.78 is 5.39. The second-order valence-corrected chi connectivity index (χ2v) is 8.42. The molecule has 6 heteroatoms. The van der Waals surface area contributed by atoms with Crippen molar-refractivity contribution >= 4 is 12.1 Å². The Hall–Kier alpha value is -1.30. The van der Waals surface area contributed by atoms with Crippen LogP contribution in [0.25, 0.3) is 0 Å². The number of carboxylic acid groups (broad SMARTS) is 1. The highest BCUT2D eigenvalue weighted by Gasteiger charge is 2.30. The number of hydrazine groups is 1. The Kier molecular flexibility index (Phi) is 9.99. The van der Waals surface area contributed by atoms with Gasteiger partial charge in [-0.25, -0.2) is 9.80 Å². The van der Waals surface area contributed by atoms with Crippen molar-refractivity contribution in [3.05, 3.63) is 0 Å². The van der Waals surface area contributed by atoms with Gasteiger partial charge in [-0.1, -0.05) is 39.0 Å². The number of nitrogens with one attached hydrogen (secondary N) is 1. The Balaban J connectivity index is 2.52. The molecule has 0 atom stereocenters. The third-order valence-electron chi connectivity index (χ3n) is 4.87. The molecule has 0 aromatic carbocycles. The number of rotatable bonds is 10. The first-order valence-corrected chi connectivity index (χ1v) is 10.2. The number of carbonyl (C=O) groups excluding carboxylic acids is 1. The molecule has 0 bridgehead atoms. The Morgan fingerprint density at radius 3 is 2.15 bits per heavy atom. The van der Waals surface area contributed by atoms with Gasteiger partial charge in [-0.2, -0.15) is 0 Å². The van der Waals surface area contributed by atoms with Crippen LogP contribution in [0.3, 0.4) is 0 Å².